The molecule has 2 N–H and O–H groups in total. The SMILES string of the molecule is Oc1cc2cc(-c3cccnc3)cnc2cc1O. The highest BCUT2D eigenvalue weighted by Crippen LogP contribution is 2.31. The fourth-order valence-corrected chi connectivity index (χ4v) is 1.84. The minimum Gasteiger partial charge on any atom is -0.504 e. The number of phenols is 2. The molecule has 0 aliphatic carbocycles. The van der Waals surface area contributed by atoms with Crippen LogP contribution in [0.4, 0.5) is 0 Å². The maximum absolute atomic E-state index is 9.49. The zero-order valence-corrected chi connectivity index (χ0v) is 9.41. The molecule has 0 aliphatic rings. The highest BCUT2D eigenvalue weighted by Gasteiger charge is 2.05. The average molecular weight is 238 g/mol. The van der Waals surface area contributed by atoms with Gasteiger partial charge in [0.25, 0.3) is 0 Å². The van der Waals surface area contributed by atoms with E-state index in [4.69, 9.17) is 0 Å². The van der Waals surface area contributed by atoms with Gasteiger partial charge in [-0.2, -0.15) is 0 Å². The van der Waals surface area contributed by atoms with Crippen molar-refractivity contribution in [3.05, 3.63) is 48.9 Å². The monoisotopic (exact) mass is 238 g/mol. The average Bonchev–Trinajstić information content (AvgIpc) is 2.41. The Hall–Kier alpha value is -2.62. The van der Waals surface area contributed by atoms with Gasteiger partial charge in [0.05, 0.1) is 5.52 Å². The maximum Gasteiger partial charge on any atom is 0.159 e. The van der Waals surface area contributed by atoms with Crippen LogP contribution in [0.2, 0.25) is 0 Å². The molecule has 0 spiro atoms. The van der Waals surface area contributed by atoms with Crippen LogP contribution in [0.25, 0.3) is 22.0 Å². The number of fused-ring (bicyclic) bond motifs is 1. The van der Waals surface area contributed by atoms with E-state index in [2.05, 4.69) is 9.97 Å². The number of hydrogen-bond donors (Lipinski definition) is 2. The lowest BCUT2D eigenvalue weighted by atomic mass is 10.1. The summed E-state index contributed by atoms with van der Waals surface area (Å²) in [6, 6.07) is 8.64. The zero-order chi connectivity index (χ0) is 12.5. The molecule has 0 fully saturated rings. The van der Waals surface area contributed by atoms with E-state index in [1.807, 2.05) is 18.2 Å². The first-order chi connectivity index (χ1) is 8.74. The van der Waals surface area contributed by atoms with Gasteiger partial charge in [-0.05, 0) is 18.2 Å². The molecule has 3 aromatic rings. The third-order valence-corrected chi connectivity index (χ3v) is 2.77. The number of benzene rings is 1. The van der Waals surface area contributed by atoms with E-state index in [9.17, 15) is 10.2 Å². The molecule has 4 nitrogen and oxygen atoms in total. The smallest absolute Gasteiger partial charge is 0.159 e. The van der Waals surface area contributed by atoms with Crippen LogP contribution in [0.1, 0.15) is 0 Å². The van der Waals surface area contributed by atoms with E-state index < -0.39 is 0 Å². The molecule has 18 heavy (non-hydrogen) atoms. The molecular formula is C14H10N2O2. The number of phenolic OH excluding ortho intramolecular Hbond substituents is 2. The molecule has 4 heteroatoms. The lowest BCUT2D eigenvalue weighted by molar-refractivity contribution is 0.405. The van der Waals surface area contributed by atoms with Crippen molar-refractivity contribution in [3.8, 4) is 22.6 Å². The Labute approximate surface area is 103 Å². The second-order valence-electron chi connectivity index (χ2n) is 4.00. The number of aromatic hydroxyl groups is 2. The Bertz CT molecular complexity index is 712. The Balaban J connectivity index is 2.20. The Morgan fingerprint density at radius 1 is 0.889 bits per heavy atom. The fraction of sp³-hybridized carbons (Fsp3) is 0. The van der Waals surface area contributed by atoms with Crippen LogP contribution in [0.3, 0.4) is 0 Å². The predicted molar refractivity (Wildman–Crippen MR) is 68.3 cm³/mol. The van der Waals surface area contributed by atoms with Crippen molar-refractivity contribution in [2.45, 2.75) is 0 Å². The minimum atomic E-state index is -0.163. The molecule has 88 valence electrons. The number of hydrogen-bond acceptors (Lipinski definition) is 4. The maximum atomic E-state index is 9.49. The van der Waals surface area contributed by atoms with Gasteiger partial charge in [-0.1, -0.05) is 6.07 Å². The molecule has 0 amide bonds. The van der Waals surface area contributed by atoms with Gasteiger partial charge in [0, 0.05) is 41.2 Å². The molecule has 0 unspecified atom stereocenters. The first kappa shape index (κ1) is 10.5. The van der Waals surface area contributed by atoms with E-state index in [0.29, 0.717) is 5.52 Å². The van der Waals surface area contributed by atoms with Crippen LogP contribution in [-0.2, 0) is 0 Å². The Morgan fingerprint density at radius 2 is 1.72 bits per heavy atom. The van der Waals surface area contributed by atoms with Crippen molar-refractivity contribution in [2.75, 3.05) is 0 Å². The molecule has 0 atom stereocenters. The van der Waals surface area contributed by atoms with E-state index in [1.54, 1.807) is 18.6 Å². The van der Waals surface area contributed by atoms with E-state index >= 15 is 0 Å². The lowest BCUT2D eigenvalue weighted by Gasteiger charge is -2.04. The van der Waals surface area contributed by atoms with Crippen molar-refractivity contribution in [1.29, 1.82) is 0 Å². The van der Waals surface area contributed by atoms with Crippen LogP contribution in [0.15, 0.2) is 48.9 Å². The van der Waals surface area contributed by atoms with Crippen LogP contribution >= 0.6 is 0 Å². The van der Waals surface area contributed by atoms with Gasteiger partial charge in [-0.25, -0.2) is 0 Å². The fourth-order valence-electron chi connectivity index (χ4n) is 1.84. The topological polar surface area (TPSA) is 66.2 Å². The summed E-state index contributed by atoms with van der Waals surface area (Å²) >= 11 is 0. The van der Waals surface area contributed by atoms with Crippen LogP contribution in [0, 0.1) is 0 Å². The molecule has 2 heterocycles. The van der Waals surface area contributed by atoms with Crippen LogP contribution in [0.5, 0.6) is 11.5 Å². The number of rotatable bonds is 1. The van der Waals surface area contributed by atoms with Gasteiger partial charge in [0.1, 0.15) is 0 Å². The zero-order valence-electron chi connectivity index (χ0n) is 9.41. The third-order valence-electron chi connectivity index (χ3n) is 2.77. The summed E-state index contributed by atoms with van der Waals surface area (Å²) in [6.07, 6.45) is 5.18. The van der Waals surface area contributed by atoms with E-state index in [-0.39, 0.29) is 11.5 Å². The van der Waals surface area contributed by atoms with Gasteiger partial charge in [-0.15, -0.1) is 0 Å². The van der Waals surface area contributed by atoms with Gasteiger partial charge in [-0.3, -0.25) is 9.97 Å². The van der Waals surface area contributed by atoms with Gasteiger partial charge < -0.3 is 10.2 Å². The highest BCUT2D eigenvalue weighted by atomic mass is 16.3. The summed E-state index contributed by atoms with van der Waals surface area (Å²) < 4.78 is 0. The molecule has 0 saturated carbocycles. The van der Waals surface area contributed by atoms with E-state index in [1.165, 1.54) is 12.1 Å². The molecule has 0 aliphatic heterocycles. The first-order valence-electron chi connectivity index (χ1n) is 5.46. The molecule has 1 aromatic carbocycles. The Kier molecular flexibility index (Phi) is 2.34. The standard InChI is InChI=1S/C14H10N2O2/c17-13-5-10-4-11(9-2-1-3-15-7-9)8-16-12(10)6-14(13)18/h1-8,17-18H. The minimum absolute atomic E-state index is 0.146. The Morgan fingerprint density at radius 3 is 2.50 bits per heavy atom. The molecular weight excluding hydrogens is 228 g/mol. The summed E-state index contributed by atoms with van der Waals surface area (Å²) in [5.41, 5.74) is 2.51. The number of nitrogens with zero attached hydrogens (tertiary/aromatic N) is 2. The largest absolute Gasteiger partial charge is 0.504 e. The van der Waals surface area contributed by atoms with Crippen molar-refractivity contribution in [1.82, 2.24) is 9.97 Å². The second-order valence-corrected chi connectivity index (χ2v) is 4.00. The highest BCUT2D eigenvalue weighted by molar-refractivity contribution is 5.86. The lowest BCUT2D eigenvalue weighted by Crippen LogP contribution is -1.84. The summed E-state index contributed by atoms with van der Waals surface area (Å²) in [5.74, 6) is -0.309. The second kappa shape index (κ2) is 4.00. The molecule has 0 radical (unpaired) electrons. The third kappa shape index (κ3) is 1.73. The number of aromatic nitrogens is 2. The summed E-state index contributed by atoms with van der Waals surface area (Å²) in [6.45, 7) is 0. The van der Waals surface area contributed by atoms with Crippen molar-refractivity contribution >= 4 is 10.9 Å². The quantitative estimate of drug-likeness (QED) is 0.640. The predicted octanol–water partition coefficient (Wildman–Crippen LogP) is 2.71. The molecule has 3 rings (SSSR count). The summed E-state index contributed by atoms with van der Waals surface area (Å²) in [7, 11) is 0. The van der Waals surface area contributed by atoms with Gasteiger partial charge in [0.15, 0.2) is 11.5 Å². The van der Waals surface area contributed by atoms with Crippen LogP contribution in [-0.4, -0.2) is 20.2 Å². The number of pyridine rings is 2. The normalized spacial score (nSPS) is 10.7. The van der Waals surface area contributed by atoms with E-state index in [0.717, 1.165) is 16.5 Å². The summed E-state index contributed by atoms with van der Waals surface area (Å²) in [5, 5.41) is 19.7. The van der Waals surface area contributed by atoms with Gasteiger partial charge >= 0.3 is 0 Å². The van der Waals surface area contributed by atoms with Crippen LogP contribution < -0.4 is 0 Å². The van der Waals surface area contributed by atoms with Crippen molar-refractivity contribution in [3.63, 3.8) is 0 Å². The molecule has 0 saturated heterocycles. The van der Waals surface area contributed by atoms with Crippen molar-refractivity contribution < 1.29 is 10.2 Å². The summed E-state index contributed by atoms with van der Waals surface area (Å²) in [4.78, 5) is 8.32. The molecule has 2 aromatic heterocycles. The first-order valence-corrected chi connectivity index (χ1v) is 5.46. The molecule has 0 bridgehead atoms. The van der Waals surface area contributed by atoms with Crippen molar-refractivity contribution in [2.24, 2.45) is 0 Å². The van der Waals surface area contributed by atoms with Gasteiger partial charge in [0.2, 0.25) is 0 Å².